The number of nitrogens with zero attached hydrogens (tertiary/aromatic N) is 1. The van der Waals surface area contributed by atoms with Crippen molar-refractivity contribution in [3.8, 4) is 0 Å². The molecule has 0 fully saturated rings. The Labute approximate surface area is 143 Å². The number of aryl methyl sites for hydroxylation is 2. The molecule has 0 saturated carbocycles. The van der Waals surface area contributed by atoms with E-state index in [1.165, 1.54) is 0 Å². The molecule has 0 atom stereocenters. The molecular weight excluding hydrogens is 300 g/mol. The maximum absolute atomic E-state index is 12.5. The van der Waals surface area contributed by atoms with Gasteiger partial charge >= 0.3 is 0 Å². The first kappa shape index (κ1) is 17.9. The molecule has 4 nitrogen and oxygen atoms in total. The number of carbonyl (C=O) groups excluding carboxylic acids is 2. The molecule has 0 aliphatic carbocycles. The number of pyridine rings is 1. The van der Waals surface area contributed by atoms with Crippen LogP contribution in [0.2, 0.25) is 0 Å². The first-order valence-corrected chi connectivity index (χ1v) is 8.03. The Morgan fingerprint density at radius 3 is 2.29 bits per heavy atom. The van der Waals surface area contributed by atoms with Gasteiger partial charge in [-0.2, -0.15) is 0 Å². The van der Waals surface area contributed by atoms with Gasteiger partial charge in [-0.05, 0) is 31.0 Å². The molecule has 0 unspecified atom stereocenters. The van der Waals surface area contributed by atoms with Crippen LogP contribution in [0.15, 0.2) is 36.5 Å². The molecule has 1 aromatic carbocycles. The lowest BCUT2D eigenvalue weighted by Crippen LogP contribution is -2.28. The average molecular weight is 324 g/mol. The summed E-state index contributed by atoms with van der Waals surface area (Å²) in [6.07, 6.45) is 1.98. The van der Waals surface area contributed by atoms with E-state index in [2.05, 4.69) is 10.3 Å². The number of benzene rings is 1. The van der Waals surface area contributed by atoms with Crippen molar-refractivity contribution in [3.63, 3.8) is 0 Å². The van der Waals surface area contributed by atoms with E-state index in [0.29, 0.717) is 11.4 Å². The Hall–Kier alpha value is -2.49. The van der Waals surface area contributed by atoms with Gasteiger partial charge in [-0.3, -0.25) is 9.59 Å². The minimum atomic E-state index is -0.496. The van der Waals surface area contributed by atoms with Gasteiger partial charge < -0.3 is 5.32 Å². The van der Waals surface area contributed by atoms with Crippen molar-refractivity contribution >= 4 is 17.5 Å². The molecular formula is C20H24N2O2. The van der Waals surface area contributed by atoms with Gasteiger partial charge in [0.15, 0.2) is 5.78 Å². The predicted molar refractivity (Wildman–Crippen MR) is 96.3 cm³/mol. The van der Waals surface area contributed by atoms with Crippen LogP contribution in [-0.2, 0) is 11.2 Å². The fourth-order valence-corrected chi connectivity index (χ4v) is 2.14. The van der Waals surface area contributed by atoms with Crippen LogP contribution >= 0.6 is 0 Å². The third-order valence-corrected chi connectivity index (χ3v) is 3.86. The first-order valence-electron chi connectivity index (χ1n) is 8.03. The van der Waals surface area contributed by atoms with E-state index >= 15 is 0 Å². The minimum Gasteiger partial charge on any atom is -0.310 e. The molecule has 1 N–H and O–H groups in total. The molecule has 0 saturated heterocycles. The number of Topliss-reactive ketones (excluding diaryl/α,β-unsaturated/α-hetero) is 1. The number of hydrogen-bond acceptors (Lipinski definition) is 3. The highest BCUT2D eigenvalue weighted by Crippen LogP contribution is 2.19. The lowest BCUT2D eigenvalue weighted by Gasteiger charge is -2.17. The second-order valence-corrected chi connectivity index (χ2v) is 7.17. The summed E-state index contributed by atoms with van der Waals surface area (Å²) < 4.78 is 0. The Balaban J connectivity index is 2.18. The Bertz CT molecular complexity index is 756. The van der Waals surface area contributed by atoms with Crippen LogP contribution in [0, 0.1) is 19.3 Å². The number of carbonyl (C=O) groups is 2. The number of ketones is 1. The first-order chi connectivity index (χ1) is 11.2. The van der Waals surface area contributed by atoms with Gasteiger partial charge in [-0.15, -0.1) is 0 Å². The summed E-state index contributed by atoms with van der Waals surface area (Å²) in [5.41, 5.74) is 3.13. The highest BCUT2D eigenvalue weighted by atomic mass is 16.2. The molecule has 24 heavy (non-hydrogen) atoms. The van der Waals surface area contributed by atoms with Gasteiger partial charge in [-0.1, -0.05) is 50.6 Å². The zero-order valence-corrected chi connectivity index (χ0v) is 14.9. The average Bonchev–Trinajstić information content (AvgIpc) is 2.50. The summed E-state index contributed by atoms with van der Waals surface area (Å²) in [5, 5.41) is 2.81. The van der Waals surface area contributed by atoms with Gasteiger partial charge in [0.25, 0.3) is 0 Å². The zero-order chi connectivity index (χ0) is 17.9. The normalized spacial score (nSPS) is 11.2. The highest BCUT2D eigenvalue weighted by molar-refractivity contribution is 5.98. The van der Waals surface area contributed by atoms with Crippen molar-refractivity contribution < 1.29 is 9.59 Å². The second-order valence-electron chi connectivity index (χ2n) is 7.17. The van der Waals surface area contributed by atoms with E-state index in [1.54, 1.807) is 12.3 Å². The molecule has 0 radical (unpaired) electrons. The van der Waals surface area contributed by atoms with Crippen LogP contribution in [0.25, 0.3) is 0 Å². The third kappa shape index (κ3) is 4.51. The number of hydrogen-bond donors (Lipinski definition) is 1. The van der Waals surface area contributed by atoms with Crippen LogP contribution in [0.4, 0.5) is 5.82 Å². The SMILES string of the molecule is Cc1ccc(C(=O)Cc2cc(NC(=O)C(C)(C)C)ncc2C)cc1. The van der Waals surface area contributed by atoms with Gasteiger partial charge in [0.1, 0.15) is 5.82 Å². The molecule has 1 amide bonds. The van der Waals surface area contributed by atoms with Crippen molar-refractivity contribution in [1.82, 2.24) is 4.98 Å². The number of rotatable bonds is 4. The van der Waals surface area contributed by atoms with E-state index < -0.39 is 5.41 Å². The largest absolute Gasteiger partial charge is 0.310 e. The van der Waals surface area contributed by atoms with E-state index in [0.717, 1.165) is 16.7 Å². The van der Waals surface area contributed by atoms with Crippen molar-refractivity contribution in [3.05, 3.63) is 58.8 Å². The molecule has 0 aliphatic heterocycles. The van der Waals surface area contributed by atoms with Gasteiger partial charge in [0.05, 0.1) is 0 Å². The van der Waals surface area contributed by atoms with Crippen LogP contribution in [-0.4, -0.2) is 16.7 Å². The summed E-state index contributed by atoms with van der Waals surface area (Å²) in [4.78, 5) is 28.8. The van der Waals surface area contributed by atoms with Crippen LogP contribution in [0.5, 0.6) is 0 Å². The highest BCUT2D eigenvalue weighted by Gasteiger charge is 2.22. The topological polar surface area (TPSA) is 59.1 Å². The maximum atomic E-state index is 12.5. The molecule has 4 heteroatoms. The lowest BCUT2D eigenvalue weighted by atomic mass is 9.95. The van der Waals surface area contributed by atoms with Crippen molar-refractivity contribution in [2.24, 2.45) is 5.41 Å². The van der Waals surface area contributed by atoms with Crippen molar-refractivity contribution in [1.29, 1.82) is 0 Å². The van der Waals surface area contributed by atoms with E-state index in [9.17, 15) is 9.59 Å². The van der Waals surface area contributed by atoms with E-state index in [4.69, 9.17) is 0 Å². The quantitative estimate of drug-likeness (QED) is 0.861. The maximum Gasteiger partial charge on any atom is 0.230 e. The van der Waals surface area contributed by atoms with Gasteiger partial charge in [0, 0.05) is 23.6 Å². The number of anilines is 1. The third-order valence-electron chi connectivity index (χ3n) is 3.86. The summed E-state index contributed by atoms with van der Waals surface area (Å²) in [5.74, 6) is 0.430. The fourth-order valence-electron chi connectivity index (χ4n) is 2.14. The Morgan fingerprint density at radius 2 is 1.71 bits per heavy atom. The number of nitrogens with one attached hydrogen (secondary N) is 1. The van der Waals surface area contributed by atoms with Crippen LogP contribution in [0.1, 0.15) is 47.8 Å². The smallest absolute Gasteiger partial charge is 0.230 e. The molecule has 2 aromatic rings. The monoisotopic (exact) mass is 324 g/mol. The zero-order valence-electron chi connectivity index (χ0n) is 14.9. The molecule has 126 valence electrons. The molecule has 2 rings (SSSR count). The van der Waals surface area contributed by atoms with Crippen LogP contribution in [0.3, 0.4) is 0 Å². The molecule has 1 aromatic heterocycles. The van der Waals surface area contributed by atoms with Crippen LogP contribution < -0.4 is 5.32 Å². The van der Waals surface area contributed by atoms with E-state index in [-0.39, 0.29) is 18.1 Å². The summed E-state index contributed by atoms with van der Waals surface area (Å²) in [6, 6.07) is 9.33. The minimum absolute atomic E-state index is 0.0531. The Kier molecular flexibility index (Phi) is 5.17. The summed E-state index contributed by atoms with van der Waals surface area (Å²) in [6.45, 7) is 9.45. The lowest BCUT2D eigenvalue weighted by molar-refractivity contribution is -0.123. The molecule has 0 aliphatic rings. The second kappa shape index (κ2) is 6.95. The van der Waals surface area contributed by atoms with E-state index in [1.807, 2.05) is 58.9 Å². The summed E-state index contributed by atoms with van der Waals surface area (Å²) >= 11 is 0. The Morgan fingerprint density at radius 1 is 1.08 bits per heavy atom. The predicted octanol–water partition coefficient (Wildman–Crippen LogP) is 4.11. The number of amides is 1. The number of aromatic nitrogens is 1. The van der Waals surface area contributed by atoms with Gasteiger partial charge in [-0.25, -0.2) is 4.98 Å². The van der Waals surface area contributed by atoms with Crippen molar-refractivity contribution in [2.45, 2.75) is 41.0 Å². The van der Waals surface area contributed by atoms with Gasteiger partial charge in [0.2, 0.25) is 5.91 Å². The molecule has 1 heterocycles. The standard InChI is InChI=1S/C20H24N2O2/c1-13-6-8-15(9-7-13)17(23)10-16-11-18(21-12-14(16)2)22-19(24)20(3,4)5/h6-9,11-12H,10H2,1-5H3,(H,21,22,24). The summed E-state index contributed by atoms with van der Waals surface area (Å²) in [7, 11) is 0. The van der Waals surface area contributed by atoms with Crippen molar-refractivity contribution in [2.75, 3.05) is 5.32 Å². The molecule has 0 spiro atoms. The fraction of sp³-hybridized carbons (Fsp3) is 0.350. The molecule has 0 bridgehead atoms.